The van der Waals surface area contributed by atoms with Gasteiger partial charge in [0.2, 0.25) is 0 Å². The summed E-state index contributed by atoms with van der Waals surface area (Å²) in [7, 11) is 0. The lowest BCUT2D eigenvalue weighted by atomic mass is 9.80. The van der Waals surface area contributed by atoms with Crippen molar-refractivity contribution >= 4 is 10.8 Å². The summed E-state index contributed by atoms with van der Waals surface area (Å²) in [5.74, 6) is 1.96. The van der Waals surface area contributed by atoms with E-state index in [4.69, 9.17) is 15.0 Å². The van der Waals surface area contributed by atoms with Gasteiger partial charge in [0.1, 0.15) is 0 Å². The topological polar surface area (TPSA) is 38.7 Å². The van der Waals surface area contributed by atoms with Gasteiger partial charge in [-0.2, -0.15) is 0 Å². The lowest BCUT2D eigenvalue weighted by molar-refractivity contribution is 0.661. The van der Waals surface area contributed by atoms with E-state index in [2.05, 4.69) is 141 Å². The highest BCUT2D eigenvalue weighted by Crippen LogP contribution is 2.54. The summed E-state index contributed by atoms with van der Waals surface area (Å²) in [6, 6.07) is 57.8. The lowest BCUT2D eigenvalue weighted by Gasteiger charge is -2.23. The molecule has 7 aromatic carbocycles. The molecule has 1 aliphatic rings. The number of benzene rings is 7. The molecule has 3 nitrogen and oxygen atoms in total. The summed E-state index contributed by atoms with van der Waals surface area (Å²) in [5, 5.41) is 2.52. The molecule has 0 saturated heterocycles. The zero-order valence-electron chi connectivity index (χ0n) is 27.4. The summed E-state index contributed by atoms with van der Waals surface area (Å²) in [5.41, 5.74) is 13.0. The minimum atomic E-state index is -0.0843. The van der Waals surface area contributed by atoms with Crippen molar-refractivity contribution in [1.29, 1.82) is 0 Å². The molecule has 1 aromatic heterocycles. The van der Waals surface area contributed by atoms with Gasteiger partial charge in [0, 0.05) is 22.1 Å². The maximum atomic E-state index is 5.04. The highest BCUT2D eigenvalue weighted by Gasteiger charge is 2.37. The second-order valence-electron chi connectivity index (χ2n) is 13.3. The van der Waals surface area contributed by atoms with Crippen molar-refractivity contribution in [2.45, 2.75) is 19.3 Å². The molecule has 49 heavy (non-hydrogen) atoms. The molecule has 0 fully saturated rings. The van der Waals surface area contributed by atoms with Gasteiger partial charge in [-0.25, -0.2) is 15.0 Å². The molecule has 8 aromatic rings. The van der Waals surface area contributed by atoms with Gasteiger partial charge in [0.15, 0.2) is 17.5 Å². The average molecular weight is 628 g/mol. The third kappa shape index (κ3) is 4.94. The van der Waals surface area contributed by atoms with Crippen LogP contribution in [0.5, 0.6) is 0 Å². The van der Waals surface area contributed by atoms with E-state index in [1.165, 1.54) is 49.7 Å². The Morgan fingerprint density at radius 2 is 0.816 bits per heavy atom. The Labute approximate surface area is 286 Å². The molecule has 0 spiro atoms. The van der Waals surface area contributed by atoms with Gasteiger partial charge in [-0.3, -0.25) is 0 Å². The molecule has 3 heteroatoms. The summed E-state index contributed by atoms with van der Waals surface area (Å²) in [4.78, 5) is 15.0. The first-order chi connectivity index (χ1) is 24.0. The van der Waals surface area contributed by atoms with Gasteiger partial charge in [0.25, 0.3) is 0 Å². The van der Waals surface area contributed by atoms with Crippen LogP contribution in [0.4, 0.5) is 0 Å². The Bertz CT molecular complexity index is 2480. The van der Waals surface area contributed by atoms with Crippen LogP contribution in [-0.2, 0) is 5.41 Å². The molecule has 1 heterocycles. The molecule has 0 N–H and O–H groups in total. The van der Waals surface area contributed by atoms with E-state index in [0.717, 1.165) is 22.3 Å². The van der Waals surface area contributed by atoms with E-state index in [1.54, 1.807) is 0 Å². The number of fused-ring (bicyclic) bond motifs is 4. The Balaban J connectivity index is 1.17. The smallest absolute Gasteiger partial charge is 0.164 e. The van der Waals surface area contributed by atoms with Gasteiger partial charge >= 0.3 is 0 Å². The number of rotatable bonds is 5. The minimum Gasteiger partial charge on any atom is -0.208 e. The zero-order valence-corrected chi connectivity index (χ0v) is 27.4. The monoisotopic (exact) mass is 627 g/mol. The normalized spacial score (nSPS) is 12.9. The summed E-state index contributed by atoms with van der Waals surface area (Å²) in [6.45, 7) is 4.69. The molecular weight excluding hydrogens is 595 g/mol. The van der Waals surface area contributed by atoms with Crippen molar-refractivity contribution in [3.05, 3.63) is 175 Å². The van der Waals surface area contributed by atoms with E-state index in [1.807, 2.05) is 36.4 Å². The Hall–Kier alpha value is -6.19. The van der Waals surface area contributed by atoms with Crippen molar-refractivity contribution in [3.63, 3.8) is 0 Å². The maximum absolute atomic E-state index is 5.04. The summed E-state index contributed by atoms with van der Waals surface area (Å²) < 4.78 is 0. The zero-order chi connectivity index (χ0) is 33.0. The molecule has 9 rings (SSSR count). The fraction of sp³-hybridized carbons (Fsp3) is 0.0652. The largest absolute Gasteiger partial charge is 0.208 e. The second-order valence-corrected chi connectivity index (χ2v) is 13.3. The first kappa shape index (κ1) is 29.0. The van der Waals surface area contributed by atoms with Gasteiger partial charge in [-0.1, -0.05) is 172 Å². The van der Waals surface area contributed by atoms with Crippen LogP contribution in [-0.4, -0.2) is 15.0 Å². The summed E-state index contributed by atoms with van der Waals surface area (Å²) >= 11 is 0. The second kappa shape index (κ2) is 11.5. The number of hydrogen-bond acceptors (Lipinski definition) is 3. The fourth-order valence-electron chi connectivity index (χ4n) is 7.39. The molecule has 0 aliphatic heterocycles. The Kier molecular flexibility index (Phi) is 6.80. The van der Waals surface area contributed by atoms with Crippen molar-refractivity contribution < 1.29 is 0 Å². The Morgan fingerprint density at radius 1 is 0.367 bits per heavy atom. The van der Waals surface area contributed by atoms with Crippen LogP contribution in [0.3, 0.4) is 0 Å². The maximum Gasteiger partial charge on any atom is 0.164 e. The third-order valence-corrected chi connectivity index (χ3v) is 9.94. The fourth-order valence-corrected chi connectivity index (χ4v) is 7.39. The SMILES string of the molecule is CC1(C)c2ccccc2-c2c1cc1ccccc1c2-c1ccc(-c2nc(-c3ccccc3)nc(-c3ccc(-c4ccccc4)cc3)n2)cc1. The summed E-state index contributed by atoms with van der Waals surface area (Å²) in [6.07, 6.45) is 0. The van der Waals surface area contributed by atoms with Gasteiger partial charge in [-0.15, -0.1) is 0 Å². The van der Waals surface area contributed by atoms with Crippen LogP contribution in [0.25, 0.3) is 78.3 Å². The van der Waals surface area contributed by atoms with Crippen molar-refractivity contribution in [2.24, 2.45) is 0 Å². The predicted molar refractivity (Wildman–Crippen MR) is 202 cm³/mol. The molecule has 0 radical (unpaired) electrons. The van der Waals surface area contributed by atoms with E-state index >= 15 is 0 Å². The molecule has 0 atom stereocenters. The van der Waals surface area contributed by atoms with Crippen LogP contribution in [0.1, 0.15) is 25.0 Å². The van der Waals surface area contributed by atoms with Crippen LogP contribution in [0, 0.1) is 0 Å². The van der Waals surface area contributed by atoms with E-state index in [9.17, 15) is 0 Å². The quantitative estimate of drug-likeness (QED) is 0.191. The number of aromatic nitrogens is 3. The third-order valence-electron chi connectivity index (χ3n) is 9.94. The van der Waals surface area contributed by atoms with Gasteiger partial charge < -0.3 is 0 Å². The van der Waals surface area contributed by atoms with Crippen molar-refractivity contribution in [1.82, 2.24) is 15.0 Å². The standard InChI is InChI=1S/C46H33N3/c1-46(2)39-20-12-11-19-38(39)42-40(46)29-36-17-9-10-18-37(36)41(42)32-23-27-35(28-24-32)45-48-43(33-15-7-4-8-16-33)47-44(49-45)34-25-21-31(22-26-34)30-13-5-3-6-14-30/h3-29H,1-2H3. The molecule has 0 unspecified atom stereocenters. The van der Waals surface area contributed by atoms with Crippen LogP contribution >= 0.6 is 0 Å². The highest BCUT2D eigenvalue weighted by molar-refractivity contribution is 6.08. The first-order valence-electron chi connectivity index (χ1n) is 16.8. The predicted octanol–water partition coefficient (Wildman–Crippen LogP) is 11.7. The van der Waals surface area contributed by atoms with Crippen LogP contribution in [0.15, 0.2) is 164 Å². The molecule has 0 bridgehead atoms. The Morgan fingerprint density at radius 3 is 1.45 bits per heavy atom. The molecule has 1 aliphatic carbocycles. The highest BCUT2D eigenvalue weighted by atomic mass is 15.0. The molecule has 0 amide bonds. The number of nitrogens with zero attached hydrogens (tertiary/aromatic N) is 3. The van der Waals surface area contributed by atoms with E-state index < -0.39 is 0 Å². The van der Waals surface area contributed by atoms with Crippen LogP contribution in [0.2, 0.25) is 0 Å². The van der Waals surface area contributed by atoms with E-state index in [-0.39, 0.29) is 5.41 Å². The lowest BCUT2D eigenvalue weighted by Crippen LogP contribution is -2.14. The minimum absolute atomic E-state index is 0.0843. The molecule has 232 valence electrons. The van der Waals surface area contributed by atoms with Gasteiger partial charge in [0.05, 0.1) is 0 Å². The first-order valence-corrected chi connectivity index (χ1v) is 16.8. The average Bonchev–Trinajstić information content (AvgIpc) is 3.40. The van der Waals surface area contributed by atoms with Crippen molar-refractivity contribution in [2.75, 3.05) is 0 Å². The van der Waals surface area contributed by atoms with Crippen molar-refractivity contribution in [3.8, 4) is 67.5 Å². The molecular formula is C46H33N3. The van der Waals surface area contributed by atoms with Crippen LogP contribution < -0.4 is 0 Å². The van der Waals surface area contributed by atoms with Gasteiger partial charge in [-0.05, 0) is 61.3 Å². The van der Waals surface area contributed by atoms with E-state index in [0.29, 0.717) is 17.5 Å². The number of hydrogen-bond donors (Lipinski definition) is 0. The molecule has 0 saturated carbocycles.